The lowest BCUT2D eigenvalue weighted by Gasteiger charge is -2.14. The molecule has 3 heteroatoms. The zero-order valence-corrected chi connectivity index (χ0v) is 11.6. The van der Waals surface area contributed by atoms with E-state index >= 15 is 0 Å². The van der Waals surface area contributed by atoms with Crippen molar-refractivity contribution in [1.29, 1.82) is 0 Å². The standard InChI is InChI=1S/C17H21NO2/c19-16-8-4-7-14(16)11-18-12-15-9-10-17(20-15)13-5-2-1-3-6-13/h1-3,5-6,9-10,14,16,18-19H,4,7-8,11-12H2. The van der Waals surface area contributed by atoms with Crippen LogP contribution in [-0.4, -0.2) is 17.8 Å². The fourth-order valence-corrected chi connectivity index (χ4v) is 2.87. The maximum atomic E-state index is 9.78. The van der Waals surface area contributed by atoms with Gasteiger partial charge in [0.25, 0.3) is 0 Å². The minimum Gasteiger partial charge on any atom is -0.460 e. The van der Waals surface area contributed by atoms with Crippen molar-refractivity contribution >= 4 is 0 Å². The van der Waals surface area contributed by atoms with Crippen LogP contribution in [0.2, 0.25) is 0 Å². The zero-order valence-electron chi connectivity index (χ0n) is 11.6. The quantitative estimate of drug-likeness (QED) is 0.878. The van der Waals surface area contributed by atoms with Crippen molar-refractivity contribution in [2.24, 2.45) is 5.92 Å². The van der Waals surface area contributed by atoms with E-state index in [9.17, 15) is 5.11 Å². The summed E-state index contributed by atoms with van der Waals surface area (Å²) in [4.78, 5) is 0. The highest BCUT2D eigenvalue weighted by Gasteiger charge is 2.24. The van der Waals surface area contributed by atoms with Gasteiger partial charge in [-0.05, 0) is 30.9 Å². The first kappa shape index (κ1) is 13.4. The molecule has 3 rings (SSSR count). The van der Waals surface area contributed by atoms with E-state index in [2.05, 4.69) is 5.32 Å². The summed E-state index contributed by atoms with van der Waals surface area (Å²) in [6.07, 6.45) is 3.10. The number of aliphatic hydroxyl groups is 1. The van der Waals surface area contributed by atoms with Crippen LogP contribution in [0, 0.1) is 5.92 Å². The van der Waals surface area contributed by atoms with E-state index in [1.165, 1.54) is 0 Å². The van der Waals surface area contributed by atoms with Gasteiger partial charge in [0.15, 0.2) is 0 Å². The molecule has 1 aromatic heterocycles. The average Bonchev–Trinajstić information content (AvgIpc) is 3.10. The lowest BCUT2D eigenvalue weighted by atomic mass is 10.1. The second kappa shape index (κ2) is 6.25. The molecule has 1 aliphatic rings. The number of nitrogens with one attached hydrogen (secondary N) is 1. The summed E-state index contributed by atoms with van der Waals surface area (Å²) in [6, 6.07) is 14.1. The number of rotatable bonds is 5. The molecule has 106 valence electrons. The third kappa shape index (κ3) is 3.11. The molecule has 1 saturated carbocycles. The van der Waals surface area contributed by atoms with Gasteiger partial charge in [0.05, 0.1) is 12.6 Å². The van der Waals surface area contributed by atoms with E-state index in [0.717, 1.165) is 49.4 Å². The fraction of sp³-hybridized carbons (Fsp3) is 0.412. The number of hydrogen-bond acceptors (Lipinski definition) is 3. The maximum absolute atomic E-state index is 9.78. The van der Waals surface area contributed by atoms with E-state index in [-0.39, 0.29) is 6.10 Å². The molecule has 2 N–H and O–H groups in total. The highest BCUT2D eigenvalue weighted by molar-refractivity contribution is 5.57. The van der Waals surface area contributed by atoms with Gasteiger partial charge in [-0.25, -0.2) is 0 Å². The van der Waals surface area contributed by atoms with E-state index in [1.807, 2.05) is 42.5 Å². The van der Waals surface area contributed by atoms with Gasteiger partial charge in [-0.2, -0.15) is 0 Å². The third-order valence-electron chi connectivity index (χ3n) is 4.04. The molecule has 1 aromatic carbocycles. The first-order valence-corrected chi connectivity index (χ1v) is 7.36. The Morgan fingerprint density at radius 2 is 1.95 bits per heavy atom. The second-order valence-corrected chi connectivity index (χ2v) is 5.52. The Labute approximate surface area is 119 Å². The Morgan fingerprint density at radius 3 is 2.70 bits per heavy atom. The minimum absolute atomic E-state index is 0.126. The van der Waals surface area contributed by atoms with Crippen LogP contribution in [-0.2, 0) is 6.54 Å². The highest BCUT2D eigenvalue weighted by Crippen LogP contribution is 2.25. The molecule has 0 amide bonds. The maximum Gasteiger partial charge on any atom is 0.134 e. The van der Waals surface area contributed by atoms with Crippen LogP contribution >= 0.6 is 0 Å². The Morgan fingerprint density at radius 1 is 1.10 bits per heavy atom. The summed E-state index contributed by atoms with van der Waals surface area (Å²) in [7, 11) is 0. The van der Waals surface area contributed by atoms with Gasteiger partial charge >= 0.3 is 0 Å². The van der Waals surface area contributed by atoms with Gasteiger partial charge in [-0.3, -0.25) is 0 Å². The van der Waals surface area contributed by atoms with Crippen LogP contribution < -0.4 is 5.32 Å². The van der Waals surface area contributed by atoms with Gasteiger partial charge in [0, 0.05) is 12.1 Å². The van der Waals surface area contributed by atoms with Crippen molar-refractivity contribution in [2.45, 2.75) is 31.9 Å². The second-order valence-electron chi connectivity index (χ2n) is 5.52. The molecule has 2 aromatic rings. The largest absolute Gasteiger partial charge is 0.460 e. The zero-order chi connectivity index (χ0) is 13.8. The van der Waals surface area contributed by atoms with Crippen molar-refractivity contribution in [2.75, 3.05) is 6.54 Å². The van der Waals surface area contributed by atoms with Crippen LogP contribution in [0.4, 0.5) is 0 Å². The molecule has 20 heavy (non-hydrogen) atoms. The van der Waals surface area contributed by atoms with Gasteiger partial charge in [-0.15, -0.1) is 0 Å². The van der Waals surface area contributed by atoms with Gasteiger partial charge in [0.1, 0.15) is 11.5 Å². The first-order chi connectivity index (χ1) is 9.83. The molecule has 1 aliphatic carbocycles. The van der Waals surface area contributed by atoms with Crippen molar-refractivity contribution in [3.05, 3.63) is 48.2 Å². The Hall–Kier alpha value is -1.58. The van der Waals surface area contributed by atoms with Crippen LogP contribution in [0.25, 0.3) is 11.3 Å². The smallest absolute Gasteiger partial charge is 0.134 e. The van der Waals surface area contributed by atoms with Gasteiger partial charge in [-0.1, -0.05) is 36.8 Å². The SMILES string of the molecule is OC1CCCC1CNCc1ccc(-c2ccccc2)o1. The molecule has 0 aliphatic heterocycles. The van der Waals surface area contributed by atoms with Crippen LogP contribution in [0.15, 0.2) is 46.9 Å². The van der Waals surface area contributed by atoms with Crippen molar-refractivity contribution in [3.63, 3.8) is 0 Å². The topological polar surface area (TPSA) is 45.4 Å². The predicted molar refractivity (Wildman–Crippen MR) is 79.2 cm³/mol. The van der Waals surface area contributed by atoms with Crippen molar-refractivity contribution in [1.82, 2.24) is 5.32 Å². The van der Waals surface area contributed by atoms with Crippen molar-refractivity contribution < 1.29 is 9.52 Å². The summed E-state index contributed by atoms with van der Waals surface area (Å²) in [5.74, 6) is 2.25. The van der Waals surface area contributed by atoms with Gasteiger partial charge in [0.2, 0.25) is 0 Å². The molecule has 0 radical (unpaired) electrons. The van der Waals surface area contributed by atoms with Crippen LogP contribution in [0.1, 0.15) is 25.0 Å². The number of benzene rings is 1. The summed E-state index contributed by atoms with van der Waals surface area (Å²) in [5.41, 5.74) is 1.10. The molecular formula is C17H21NO2. The van der Waals surface area contributed by atoms with E-state index in [4.69, 9.17) is 4.42 Å². The lowest BCUT2D eigenvalue weighted by molar-refractivity contribution is 0.131. The molecule has 1 heterocycles. The molecule has 2 atom stereocenters. The number of hydrogen-bond donors (Lipinski definition) is 2. The van der Waals surface area contributed by atoms with E-state index in [1.54, 1.807) is 0 Å². The monoisotopic (exact) mass is 271 g/mol. The molecule has 2 unspecified atom stereocenters. The first-order valence-electron chi connectivity index (χ1n) is 7.36. The highest BCUT2D eigenvalue weighted by atomic mass is 16.3. The molecular weight excluding hydrogens is 250 g/mol. The molecule has 1 fully saturated rings. The fourth-order valence-electron chi connectivity index (χ4n) is 2.87. The Balaban J connectivity index is 1.53. The van der Waals surface area contributed by atoms with Crippen molar-refractivity contribution in [3.8, 4) is 11.3 Å². The molecule has 0 bridgehead atoms. The van der Waals surface area contributed by atoms with E-state index < -0.39 is 0 Å². The number of furan rings is 1. The Bertz CT molecular complexity index is 535. The molecule has 3 nitrogen and oxygen atoms in total. The summed E-state index contributed by atoms with van der Waals surface area (Å²) < 4.78 is 5.84. The summed E-state index contributed by atoms with van der Waals surface area (Å²) in [6.45, 7) is 1.58. The normalized spacial score (nSPS) is 22.2. The third-order valence-corrected chi connectivity index (χ3v) is 4.04. The predicted octanol–water partition coefficient (Wildman–Crippen LogP) is 3.20. The van der Waals surface area contributed by atoms with Gasteiger partial charge < -0.3 is 14.8 Å². The molecule has 0 saturated heterocycles. The lowest BCUT2D eigenvalue weighted by Crippen LogP contribution is -2.27. The average molecular weight is 271 g/mol. The summed E-state index contributed by atoms with van der Waals surface area (Å²) in [5, 5.41) is 13.2. The molecule has 0 spiro atoms. The number of aliphatic hydroxyl groups excluding tert-OH is 1. The van der Waals surface area contributed by atoms with Crippen LogP contribution in [0.5, 0.6) is 0 Å². The Kier molecular flexibility index (Phi) is 4.19. The minimum atomic E-state index is -0.126. The van der Waals surface area contributed by atoms with E-state index in [0.29, 0.717) is 5.92 Å². The van der Waals surface area contributed by atoms with Crippen LogP contribution in [0.3, 0.4) is 0 Å². The summed E-state index contributed by atoms with van der Waals surface area (Å²) >= 11 is 0.